The molecule has 10 nitrogen and oxygen atoms in total. The zero-order valence-electron chi connectivity index (χ0n) is 19.9. The van der Waals surface area contributed by atoms with Gasteiger partial charge in [-0.2, -0.15) is 0 Å². The molecule has 34 heavy (non-hydrogen) atoms. The molecule has 2 aliphatic heterocycles. The fourth-order valence-corrected chi connectivity index (χ4v) is 4.18. The zero-order chi connectivity index (χ0) is 24.3. The number of nitrogens with zero attached hydrogens (tertiary/aromatic N) is 4. The van der Waals surface area contributed by atoms with E-state index in [1.807, 2.05) is 32.9 Å². The second kappa shape index (κ2) is 9.84. The number of carbonyl (C=O) groups excluding carboxylic acids is 1. The van der Waals surface area contributed by atoms with Crippen molar-refractivity contribution in [2.75, 3.05) is 43.1 Å². The number of nitro groups is 1. The minimum absolute atomic E-state index is 0.0720. The van der Waals surface area contributed by atoms with Crippen LogP contribution in [-0.4, -0.2) is 59.3 Å². The van der Waals surface area contributed by atoms with Crippen molar-refractivity contribution in [3.8, 4) is 0 Å². The topological polar surface area (TPSA) is 110 Å². The summed E-state index contributed by atoms with van der Waals surface area (Å²) in [5.41, 5.74) is 3.01. The third-order valence-corrected chi connectivity index (χ3v) is 5.89. The summed E-state index contributed by atoms with van der Waals surface area (Å²) in [6.45, 7) is 9.57. The van der Waals surface area contributed by atoms with Crippen molar-refractivity contribution in [1.29, 1.82) is 0 Å². The lowest BCUT2D eigenvalue weighted by Gasteiger charge is -2.32. The lowest BCUT2D eigenvalue weighted by molar-refractivity contribution is -0.384. The van der Waals surface area contributed by atoms with Crippen LogP contribution in [-0.2, 0) is 29.0 Å². The number of anilines is 2. The first-order valence-electron chi connectivity index (χ1n) is 11.5. The molecule has 0 atom stereocenters. The molecule has 1 fully saturated rings. The number of amides is 1. The van der Waals surface area contributed by atoms with Crippen LogP contribution in [0.4, 0.5) is 22.0 Å². The van der Waals surface area contributed by atoms with Gasteiger partial charge in [-0.05, 0) is 43.9 Å². The van der Waals surface area contributed by atoms with E-state index < -0.39 is 10.5 Å². The van der Waals surface area contributed by atoms with Crippen LogP contribution in [0.1, 0.15) is 37.5 Å². The molecule has 0 aliphatic carbocycles. The molecule has 4 rings (SSSR count). The van der Waals surface area contributed by atoms with E-state index in [0.717, 1.165) is 17.5 Å². The molecule has 1 amide bonds. The van der Waals surface area contributed by atoms with Gasteiger partial charge in [0.25, 0.3) is 0 Å². The predicted octanol–water partition coefficient (Wildman–Crippen LogP) is 3.73. The third kappa shape index (κ3) is 5.56. The average Bonchev–Trinajstić information content (AvgIpc) is 2.81. The highest BCUT2D eigenvalue weighted by molar-refractivity contribution is 5.69. The Balaban J connectivity index is 1.53. The molecule has 1 saturated heterocycles. The van der Waals surface area contributed by atoms with Gasteiger partial charge in [-0.25, -0.2) is 9.78 Å². The Kier molecular flexibility index (Phi) is 6.87. The molecule has 10 heteroatoms. The van der Waals surface area contributed by atoms with Gasteiger partial charge < -0.3 is 24.6 Å². The number of aromatic nitrogens is 1. The maximum Gasteiger partial charge on any atom is 0.410 e. The van der Waals surface area contributed by atoms with Gasteiger partial charge in [0.1, 0.15) is 23.3 Å². The smallest absolute Gasteiger partial charge is 0.410 e. The lowest BCUT2D eigenvalue weighted by atomic mass is 9.95. The lowest BCUT2D eigenvalue weighted by Crippen LogP contribution is -2.40. The first-order chi connectivity index (χ1) is 16.2. The van der Waals surface area contributed by atoms with Crippen molar-refractivity contribution in [1.82, 2.24) is 9.88 Å². The van der Waals surface area contributed by atoms with Gasteiger partial charge in [-0.3, -0.25) is 10.1 Å². The van der Waals surface area contributed by atoms with Crippen molar-refractivity contribution in [2.45, 2.75) is 45.9 Å². The number of carbonyl (C=O) groups is 1. The number of rotatable bonds is 5. The van der Waals surface area contributed by atoms with E-state index in [2.05, 4.69) is 21.3 Å². The SMILES string of the molecule is CC(C)(C)OC(=O)N1CCc2cccc(CNc3cc(N4CCOCC4)ncc3[N+](=O)[O-])c2C1. The summed E-state index contributed by atoms with van der Waals surface area (Å²) < 4.78 is 10.9. The summed E-state index contributed by atoms with van der Waals surface area (Å²) >= 11 is 0. The molecule has 1 N–H and O–H groups in total. The van der Waals surface area contributed by atoms with Crippen molar-refractivity contribution in [3.63, 3.8) is 0 Å². The minimum Gasteiger partial charge on any atom is -0.444 e. The molecular formula is C24H31N5O5. The van der Waals surface area contributed by atoms with Gasteiger partial charge in [0, 0.05) is 38.8 Å². The Labute approximate surface area is 199 Å². The van der Waals surface area contributed by atoms with Crippen molar-refractivity contribution in [2.24, 2.45) is 0 Å². The van der Waals surface area contributed by atoms with Crippen LogP contribution in [0.2, 0.25) is 0 Å². The highest BCUT2D eigenvalue weighted by Gasteiger charge is 2.27. The first kappa shape index (κ1) is 23.7. The quantitative estimate of drug-likeness (QED) is 0.521. The van der Waals surface area contributed by atoms with Crippen molar-refractivity contribution < 1.29 is 19.2 Å². The number of ether oxygens (including phenoxy) is 2. The van der Waals surface area contributed by atoms with Crippen LogP contribution in [0.5, 0.6) is 0 Å². The maximum atomic E-state index is 12.6. The Morgan fingerprint density at radius 2 is 2.03 bits per heavy atom. The summed E-state index contributed by atoms with van der Waals surface area (Å²) in [6, 6.07) is 7.77. The molecule has 0 radical (unpaired) electrons. The van der Waals surface area contributed by atoms with E-state index in [9.17, 15) is 14.9 Å². The van der Waals surface area contributed by atoms with E-state index in [-0.39, 0.29) is 11.8 Å². The number of benzene rings is 1. The third-order valence-electron chi connectivity index (χ3n) is 5.89. The molecule has 0 saturated carbocycles. The van der Waals surface area contributed by atoms with E-state index in [1.54, 1.807) is 11.0 Å². The highest BCUT2D eigenvalue weighted by Crippen LogP contribution is 2.30. The maximum absolute atomic E-state index is 12.6. The number of morpholine rings is 1. The standard InChI is InChI=1S/C24H31N5O5/c1-24(2,3)34-23(30)28-8-7-17-5-4-6-18(19(17)16-28)14-25-20-13-22(26-15-21(20)29(31)32)27-9-11-33-12-10-27/h4-6,13,15H,7-12,14,16H2,1-3H3,(H,25,26). The second-order valence-electron chi connectivity index (χ2n) is 9.48. The van der Waals surface area contributed by atoms with Gasteiger partial charge >= 0.3 is 11.8 Å². The Hall–Kier alpha value is -3.40. The number of hydrogen-bond acceptors (Lipinski definition) is 8. The summed E-state index contributed by atoms with van der Waals surface area (Å²) in [4.78, 5) is 31.9. The van der Waals surface area contributed by atoms with Crippen LogP contribution in [0, 0.1) is 10.1 Å². The Morgan fingerprint density at radius 1 is 1.26 bits per heavy atom. The van der Waals surface area contributed by atoms with Crippen LogP contribution >= 0.6 is 0 Å². The number of pyridine rings is 1. The largest absolute Gasteiger partial charge is 0.444 e. The minimum atomic E-state index is -0.559. The zero-order valence-corrected chi connectivity index (χ0v) is 19.9. The molecule has 0 spiro atoms. The van der Waals surface area contributed by atoms with E-state index in [0.29, 0.717) is 57.4 Å². The van der Waals surface area contributed by atoms with Crippen LogP contribution < -0.4 is 10.2 Å². The predicted molar refractivity (Wildman–Crippen MR) is 128 cm³/mol. The fourth-order valence-electron chi connectivity index (χ4n) is 4.18. The molecule has 0 bridgehead atoms. The molecule has 1 aromatic carbocycles. The van der Waals surface area contributed by atoms with Crippen molar-refractivity contribution in [3.05, 3.63) is 57.3 Å². The highest BCUT2D eigenvalue weighted by atomic mass is 16.6. The van der Waals surface area contributed by atoms with Gasteiger partial charge in [-0.1, -0.05) is 18.2 Å². The molecule has 182 valence electrons. The summed E-state index contributed by atoms with van der Waals surface area (Å²) in [7, 11) is 0. The molecule has 3 heterocycles. The van der Waals surface area contributed by atoms with Gasteiger partial charge in [0.15, 0.2) is 0 Å². The molecule has 0 unspecified atom stereocenters. The van der Waals surface area contributed by atoms with Gasteiger partial charge in [-0.15, -0.1) is 0 Å². The Bertz CT molecular complexity index is 1060. The number of nitrogens with one attached hydrogen (secondary N) is 1. The van der Waals surface area contributed by atoms with Crippen LogP contribution in [0.15, 0.2) is 30.5 Å². The van der Waals surface area contributed by atoms with E-state index >= 15 is 0 Å². The van der Waals surface area contributed by atoms with Crippen LogP contribution in [0.3, 0.4) is 0 Å². The summed E-state index contributed by atoms with van der Waals surface area (Å²) in [5, 5.41) is 14.9. The van der Waals surface area contributed by atoms with Crippen LogP contribution in [0.25, 0.3) is 0 Å². The molecule has 2 aromatic rings. The normalized spacial score (nSPS) is 16.1. The van der Waals surface area contributed by atoms with Crippen molar-refractivity contribution >= 4 is 23.3 Å². The summed E-state index contributed by atoms with van der Waals surface area (Å²) in [5.74, 6) is 0.683. The molecule has 2 aliphatic rings. The molecule has 1 aromatic heterocycles. The summed E-state index contributed by atoms with van der Waals surface area (Å²) in [6.07, 6.45) is 1.71. The van der Waals surface area contributed by atoms with E-state index in [1.165, 1.54) is 11.8 Å². The fraction of sp³-hybridized carbons (Fsp3) is 0.500. The number of hydrogen-bond donors (Lipinski definition) is 1. The first-order valence-corrected chi connectivity index (χ1v) is 11.5. The van der Waals surface area contributed by atoms with Gasteiger partial charge in [0.05, 0.1) is 18.1 Å². The average molecular weight is 470 g/mol. The number of fused-ring (bicyclic) bond motifs is 1. The second-order valence-corrected chi connectivity index (χ2v) is 9.48. The van der Waals surface area contributed by atoms with Gasteiger partial charge in [0.2, 0.25) is 0 Å². The Morgan fingerprint density at radius 3 is 2.74 bits per heavy atom. The monoisotopic (exact) mass is 469 g/mol. The van der Waals surface area contributed by atoms with E-state index in [4.69, 9.17) is 9.47 Å². The molecular weight excluding hydrogens is 438 g/mol.